The molecule has 0 saturated carbocycles. The van der Waals surface area contributed by atoms with Gasteiger partial charge in [-0.25, -0.2) is 0 Å². The molecule has 2 rings (SSSR count). The number of hydrogen-bond donors (Lipinski definition) is 0. The summed E-state index contributed by atoms with van der Waals surface area (Å²) < 4.78 is 7.11. The van der Waals surface area contributed by atoms with Crippen LogP contribution < -0.4 is 0 Å². The Balaban J connectivity index is 2.32. The van der Waals surface area contributed by atoms with Crippen LogP contribution in [0.1, 0.15) is 49.7 Å². The van der Waals surface area contributed by atoms with Crippen molar-refractivity contribution in [1.82, 2.24) is 9.78 Å². The fourth-order valence-corrected chi connectivity index (χ4v) is 2.52. The third kappa shape index (κ3) is 1.96. The minimum atomic E-state index is -0.238. The summed E-state index contributed by atoms with van der Waals surface area (Å²) in [6.45, 7) is 3.35. The molecule has 1 atom stereocenters. The minimum Gasteiger partial charge on any atom is -0.456 e. The molecule has 4 nitrogen and oxygen atoms in total. The fourth-order valence-electron chi connectivity index (χ4n) is 2.52. The topological polar surface area (TPSA) is 44.1 Å². The maximum absolute atomic E-state index is 11.0. The van der Waals surface area contributed by atoms with Crippen molar-refractivity contribution in [2.75, 3.05) is 0 Å². The first-order valence-corrected chi connectivity index (χ1v) is 5.81. The van der Waals surface area contributed by atoms with Gasteiger partial charge in [0.1, 0.15) is 6.10 Å². The van der Waals surface area contributed by atoms with E-state index in [9.17, 15) is 4.79 Å². The molecule has 16 heavy (non-hydrogen) atoms. The predicted molar refractivity (Wildman–Crippen MR) is 60.0 cm³/mol. The highest BCUT2D eigenvalue weighted by atomic mass is 16.5. The van der Waals surface area contributed by atoms with E-state index in [4.69, 9.17) is 4.74 Å². The van der Waals surface area contributed by atoms with E-state index in [1.165, 1.54) is 31.0 Å². The molecule has 1 aliphatic rings. The first-order chi connectivity index (χ1) is 7.59. The van der Waals surface area contributed by atoms with Crippen LogP contribution in [0, 0.1) is 0 Å². The summed E-state index contributed by atoms with van der Waals surface area (Å²) in [5.74, 6) is -0.238. The van der Waals surface area contributed by atoms with E-state index in [1.807, 2.05) is 18.7 Å². The molecule has 0 aromatic carbocycles. The van der Waals surface area contributed by atoms with E-state index in [-0.39, 0.29) is 12.1 Å². The number of aromatic nitrogens is 2. The zero-order chi connectivity index (χ0) is 11.7. The Morgan fingerprint density at radius 1 is 1.44 bits per heavy atom. The molecular formula is C12H18N2O2. The van der Waals surface area contributed by atoms with Gasteiger partial charge < -0.3 is 4.74 Å². The largest absolute Gasteiger partial charge is 0.456 e. The highest BCUT2D eigenvalue weighted by molar-refractivity contribution is 5.66. The van der Waals surface area contributed by atoms with Crippen molar-refractivity contribution in [2.24, 2.45) is 7.05 Å². The Morgan fingerprint density at radius 2 is 2.12 bits per heavy atom. The minimum absolute atomic E-state index is 0.197. The maximum atomic E-state index is 11.0. The van der Waals surface area contributed by atoms with Crippen molar-refractivity contribution in [3.63, 3.8) is 0 Å². The lowest BCUT2D eigenvalue weighted by atomic mass is 9.94. The van der Waals surface area contributed by atoms with Crippen molar-refractivity contribution in [3.05, 3.63) is 17.0 Å². The highest BCUT2D eigenvalue weighted by Gasteiger charge is 2.24. The summed E-state index contributed by atoms with van der Waals surface area (Å²) in [6, 6.07) is 0. The lowest BCUT2D eigenvalue weighted by molar-refractivity contribution is -0.146. The zero-order valence-electron chi connectivity index (χ0n) is 10.1. The van der Waals surface area contributed by atoms with E-state index in [0.717, 1.165) is 18.5 Å². The lowest BCUT2D eigenvalue weighted by Gasteiger charge is -2.16. The summed E-state index contributed by atoms with van der Waals surface area (Å²) in [5, 5.41) is 4.50. The van der Waals surface area contributed by atoms with Crippen molar-refractivity contribution in [3.8, 4) is 0 Å². The number of aryl methyl sites for hydroxylation is 2. The first-order valence-electron chi connectivity index (χ1n) is 5.81. The van der Waals surface area contributed by atoms with E-state index in [2.05, 4.69) is 5.10 Å². The molecule has 0 amide bonds. The smallest absolute Gasteiger partial charge is 0.303 e. The molecule has 0 radical (unpaired) electrons. The van der Waals surface area contributed by atoms with Gasteiger partial charge in [-0.1, -0.05) is 0 Å². The number of carbonyl (C=O) groups excluding carboxylic acids is 1. The molecule has 0 fully saturated rings. The second kappa shape index (κ2) is 4.28. The van der Waals surface area contributed by atoms with Gasteiger partial charge in [-0.15, -0.1) is 0 Å². The Hall–Kier alpha value is -1.32. The van der Waals surface area contributed by atoms with Crippen LogP contribution >= 0.6 is 0 Å². The lowest BCUT2D eigenvalue weighted by Crippen LogP contribution is -2.12. The van der Waals surface area contributed by atoms with Gasteiger partial charge in [0.2, 0.25) is 0 Å². The normalized spacial score (nSPS) is 16.7. The molecule has 1 aromatic heterocycles. The van der Waals surface area contributed by atoms with Gasteiger partial charge in [0, 0.05) is 19.5 Å². The van der Waals surface area contributed by atoms with Crippen molar-refractivity contribution < 1.29 is 9.53 Å². The van der Waals surface area contributed by atoms with Crippen LogP contribution in [0.15, 0.2) is 0 Å². The molecule has 1 unspecified atom stereocenters. The van der Waals surface area contributed by atoms with Crippen molar-refractivity contribution >= 4 is 5.97 Å². The Labute approximate surface area is 95.6 Å². The SMILES string of the molecule is CC(=O)OC(C)c1c2c(nn1C)CCCC2. The van der Waals surface area contributed by atoms with Gasteiger partial charge in [0.15, 0.2) is 0 Å². The van der Waals surface area contributed by atoms with Crippen LogP contribution in [-0.4, -0.2) is 15.7 Å². The molecular weight excluding hydrogens is 204 g/mol. The van der Waals surface area contributed by atoms with Gasteiger partial charge in [-0.3, -0.25) is 9.48 Å². The molecule has 1 aliphatic carbocycles. The van der Waals surface area contributed by atoms with E-state index in [1.54, 1.807) is 0 Å². The number of esters is 1. The molecule has 0 saturated heterocycles. The monoisotopic (exact) mass is 222 g/mol. The summed E-state index contributed by atoms with van der Waals surface area (Å²) in [7, 11) is 1.92. The highest BCUT2D eigenvalue weighted by Crippen LogP contribution is 2.29. The van der Waals surface area contributed by atoms with Crippen molar-refractivity contribution in [1.29, 1.82) is 0 Å². The number of nitrogens with zero attached hydrogens (tertiary/aromatic N) is 2. The average Bonchev–Trinajstić information content (AvgIpc) is 2.52. The van der Waals surface area contributed by atoms with Gasteiger partial charge in [0.25, 0.3) is 0 Å². The number of carbonyl (C=O) groups is 1. The maximum Gasteiger partial charge on any atom is 0.303 e. The Bertz CT molecular complexity index is 409. The quantitative estimate of drug-likeness (QED) is 0.718. The van der Waals surface area contributed by atoms with Gasteiger partial charge in [-0.05, 0) is 32.6 Å². The van der Waals surface area contributed by atoms with Gasteiger partial charge >= 0.3 is 5.97 Å². The van der Waals surface area contributed by atoms with Crippen LogP contribution in [0.25, 0.3) is 0 Å². The standard InChI is InChI=1S/C12H18N2O2/c1-8(16-9(2)15)12-10-6-4-5-7-11(10)13-14(12)3/h8H,4-7H2,1-3H3. The number of ether oxygens (including phenoxy) is 1. The van der Waals surface area contributed by atoms with E-state index in [0.29, 0.717) is 0 Å². The second-order valence-electron chi connectivity index (χ2n) is 4.39. The zero-order valence-corrected chi connectivity index (χ0v) is 10.1. The summed E-state index contributed by atoms with van der Waals surface area (Å²) in [5.41, 5.74) is 3.54. The molecule has 0 aliphatic heterocycles. The Kier molecular flexibility index (Phi) is 2.99. The number of hydrogen-bond acceptors (Lipinski definition) is 3. The van der Waals surface area contributed by atoms with Crippen LogP contribution in [0.5, 0.6) is 0 Å². The molecule has 4 heteroatoms. The fraction of sp³-hybridized carbons (Fsp3) is 0.667. The predicted octanol–water partition coefficient (Wildman–Crippen LogP) is 1.92. The van der Waals surface area contributed by atoms with Crippen LogP contribution in [0.4, 0.5) is 0 Å². The van der Waals surface area contributed by atoms with Gasteiger partial charge in [0.05, 0.1) is 11.4 Å². The number of fused-ring (bicyclic) bond motifs is 1. The van der Waals surface area contributed by atoms with Crippen molar-refractivity contribution in [2.45, 2.75) is 45.6 Å². The third-order valence-corrected chi connectivity index (χ3v) is 3.10. The summed E-state index contributed by atoms with van der Waals surface area (Å²) in [6.07, 6.45) is 4.33. The second-order valence-corrected chi connectivity index (χ2v) is 4.39. The average molecular weight is 222 g/mol. The van der Waals surface area contributed by atoms with Gasteiger partial charge in [-0.2, -0.15) is 5.10 Å². The molecule has 1 heterocycles. The van der Waals surface area contributed by atoms with Crippen LogP contribution in [0.3, 0.4) is 0 Å². The summed E-state index contributed by atoms with van der Waals surface area (Å²) >= 11 is 0. The van der Waals surface area contributed by atoms with E-state index < -0.39 is 0 Å². The molecule has 0 spiro atoms. The van der Waals surface area contributed by atoms with Crippen LogP contribution in [-0.2, 0) is 29.4 Å². The summed E-state index contributed by atoms with van der Waals surface area (Å²) in [4.78, 5) is 11.0. The Morgan fingerprint density at radius 3 is 2.81 bits per heavy atom. The molecule has 1 aromatic rings. The van der Waals surface area contributed by atoms with E-state index >= 15 is 0 Å². The molecule has 0 bridgehead atoms. The first kappa shape index (κ1) is 11.2. The molecule has 0 N–H and O–H groups in total. The molecule has 88 valence electrons. The van der Waals surface area contributed by atoms with Crippen LogP contribution in [0.2, 0.25) is 0 Å². The number of rotatable bonds is 2. The third-order valence-electron chi connectivity index (χ3n) is 3.10.